The number of carbonyl (C=O) groups excluding carboxylic acids is 2. The summed E-state index contributed by atoms with van der Waals surface area (Å²) >= 11 is 0. The van der Waals surface area contributed by atoms with E-state index in [0.717, 1.165) is 44.3 Å². The Labute approximate surface area is 176 Å². The number of hydrogen-bond acceptors (Lipinski definition) is 5. The summed E-state index contributed by atoms with van der Waals surface area (Å²) in [4.78, 5) is 32.1. The zero-order chi connectivity index (χ0) is 21.0. The van der Waals surface area contributed by atoms with Crippen LogP contribution in [-0.4, -0.2) is 47.9 Å². The molecule has 1 fully saturated rings. The van der Waals surface area contributed by atoms with Gasteiger partial charge in [-0.25, -0.2) is 4.98 Å². The highest BCUT2D eigenvalue weighted by Gasteiger charge is 2.43. The number of aryl methyl sites for hydroxylation is 2. The quantitative estimate of drug-likeness (QED) is 0.779. The zero-order valence-electron chi connectivity index (χ0n) is 17.5. The van der Waals surface area contributed by atoms with E-state index in [4.69, 9.17) is 9.15 Å². The van der Waals surface area contributed by atoms with Gasteiger partial charge in [-0.15, -0.1) is 0 Å². The fourth-order valence-electron chi connectivity index (χ4n) is 4.61. The molecule has 4 rings (SSSR count). The van der Waals surface area contributed by atoms with Crippen molar-refractivity contribution in [3.63, 3.8) is 0 Å². The smallest absolute Gasteiger partial charge is 0.276 e. The van der Waals surface area contributed by atoms with E-state index >= 15 is 0 Å². The Hall–Kier alpha value is -2.83. The van der Waals surface area contributed by atoms with E-state index in [0.29, 0.717) is 37.7 Å². The third kappa shape index (κ3) is 4.20. The SMILES string of the molecule is Cc1ocnc1C(=O)N1CCCC2(CCCCc3ccccc3OCCNC2=O)C1. The van der Waals surface area contributed by atoms with Crippen molar-refractivity contribution in [3.05, 3.63) is 47.7 Å². The molecule has 0 bridgehead atoms. The number of amides is 2. The van der Waals surface area contributed by atoms with Gasteiger partial charge in [0.25, 0.3) is 5.91 Å². The second-order valence-corrected chi connectivity index (χ2v) is 8.29. The van der Waals surface area contributed by atoms with Crippen molar-refractivity contribution in [2.75, 3.05) is 26.2 Å². The van der Waals surface area contributed by atoms with Crippen molar-refractivity contribution in [1.29, 1.82) is 0 Å². The first-order chi connectivity index (χ1) is 14.6. The minimum absolute atomic E-state index is 0.0225. The summed E-state index contributed by atoms with van der Waals surface area (Å²) in [6, 6.07) is 8.11. The second-order valence-electron chi connectivity index (χ2n) is 8.29. The average Bonchev–Trinajstić information content (AvgIpc) is 3.19. The topological polar surface area (TPSA) is 84.7 Å². The number of nitrogens with zero attached hydrogens (tertiary/aromatic N) is 2. The fraction of sp³-hybridized carbons (Fsp3) is 0.522. The summed E-state index contributed by atoms with van der Waals surface area (Å²) in [5.41, 5.74) is 0.982. The molecule has 0 aliphatic carbocycles. The predicted octanol–water partition coefficient (Wildman–Crippen LogP) is 3.13. The maximum atomic E-state index is 13.2. The molecule has 7 heteroatoms. The molecule has 2 amide bonds. The molecule has 2 aliphatic rings. The average molecular weight is 412 g/mol. The molecule has 1 aromatic carbocycles. The Morgan fingerprint density at radius 3 is 2.87 bits per heavy atom. The third-order valence-electron chi connectivity index (χ3n) is 6.26. The summed E-state index contributed by atoms with van der Waals surface area (Å²) in [6.07, 6.45) is 6.48. The number of nitrogens with one attached hydrogen (secondary N) is 1. The van der Waals surface area contributed by atoms with Gasteiger partial charge in [0.15, 0.2) is 12.1 Å². The number of para-hydroxylation sites is 1. The minimum Gasteiger partial charge on any atom is -0.491 e. The molecule has 2 aromatic rings. The third-order valence-corrected chi connectivity index (χ3v) is 6.26. The number of ether oxygens (including phenoxy) is 1. The van der Waals surface area contributed by atoms with Gasteiger partial charge in [-0.2, -0.15) is 0 Å². The number of fused-ring (bicyclic) bond motifs is 1. The van der Waals surface area contributed by atoms with Crippen molar-refractivity contribution >= 4 is 11.8 Å². The molecule has 2 aliphatic heterocycles. The molecule has 30 heavy (non-hydrogen) atoms. The normalized spacial score (nSPS) is 23.0. The summed E-state index contributed by atoms with van der Waals surface area (Å²) in [5, 5.41) is 3.06. The van der Waals surface area contributed by atoms with Gasteiger partial charge in [0.05, 0.1) is 12.0 Å². The van der Waals surface area contributed by atoms with Crippen molar-refractivity contribution in [2.45, 2.75) is 45.4 Å². The van der Waals surface area contributed by atoms with Crippen LogP contribution in [-0.2, 0) is 11.2 Å². The summed E-state index contributed by atoms with van der Waals surface area (Å²) in [6.45, 7) is 3.67. The molecule has 1 aromatic heterocycles. The Morgan fingerprint density at radius 2 is 2.03 bits per heavy atom. The highest BCUT2D eigenvalue weighted by Crippen LogP contribution is 2.37. The van der Waals surface area contributed by atoms with Crippen LogP contribution < -0.4 is 10.1 Å². The molecule has 1 saturated heterocycles. The van der Waals surface area contributed by atoms with Crippen LogP contribution >= 0.6 is 0 Å². The molecule has 1 atom stereocenters. The number of likely N-dealkylation sites (tertiary alicyclic amines) is 1. The Morgan fingerprint density at radius 1 is 1.20 bits per heavy atom. The van der Waals surface area contributed by atoms with Crippen molar-refractivity contribution in [3.8, 4) is 5.75 Å². The van der Waals surface area contributed by atoms with Crippen LogP contribution in [0.15, 0.2) is 35.1 Å². The lowest BCUT2D eigenvalue weighted by molar-refractivity contribution is -0.134. The van der Waals surface area contributed by atoms with E-state index in [-0.39, 0.29) is 11.8 Å². The van der Waals surface area contributed by atoms with Crippen LogP contribution in [0.5, 0.6) is 5.75 Å². The number of rotatable bonds is 1. The highest BCUT2D eigenvalue weighted by atomic mass is 16.5. The van der Waals surface area contributed by atoms with Gasteiger partial charge in [0.2, 0.25) is 5.91 Å². The Kier molecular flexibility index (Phi) is 6.06. The maximum Gasteiger partial charge on any atom is 0.276 e. The van der Waals surface area contributed by atoms with Crippen molar-refractivity contribution in [1.82, 2.24) is 15.2 Å². The monoisotopic (exact) mass is 411 g/mol. The number of oxazole rings is 1. The summed E-state index contributed by atoms with van der Waals surface area (Å²) in [5.74, 6) is 1.28. The standard InChI is InChI=1S/C23H29N3O4/c1-17-20(25-16-30-17)21(27)26-13-6-11-23(15-26)10-5-4-8-18-7-2-3-9-19(18)29-14-12-24-22(23)28/h2-3,7,9,16H,4-6,8,10-15H2,1H3,(H,24,28). The second kappa shape index (κ2) is 8.90. The van der Waals surface area contributed by atoms with E-state index in [1.165, 1.54) is 12.0 Å². The van der Waals surface area contributed by atoms with E-state index in [9.17, 15) is 9.59 Å². The van der Waals surface area contributed by atoms with Crippen LogP contribution in [0, 0.1) is 12.3 Å². The molecular weight excluding hydrogens is 382 g/mol. The van der Waals surface area contributed by atoms with E-state index in [2.05, 4.69) is 16.4 Å². The van der Waals surface area contributed by atoms with Gasteiger partial charge in [-0.1, -0.05) is 24.6 Å². The first kappa shape index (κ1) is 20.4. The maximum absolute atomic E-state index is 13.2. The zero-order valence-corrected chi connectivity index (χ0v) is 17.5. The lowest BCUT2D eigenvalue weighted by Crippen LogP contribution is -2.54. The van der Waals surface area contributed by atoms with Crippen LogP contribution in [0.3, 0.4) is 0 Å². The van der Waals surface area contributed by atoms with Crippen molar-refractivity contribution in [2.24, 2.45) is 5.41 Å². The van der Waals surface area contributed by atoms with E-state index in [1.54, 1.807) is 11.8 Å². The molecule has 160 valence electrons. The summed E-state index contributed by atoms with van der Waals surface area (Å²) in [7, 11) is 0. The van der Waals surface area contributed by atoms with Crippen LogP contribution in [0.2, 0.25) is 0 Å². The number of benzene rings is 1. The Bertz CT molecular complexity index is 909. The predicted molar refractivity (Wildman–Crippen MR) is 111 cm³/mol. The van der Waals surface area contributed by atoms with Gasteiger partial charge in [0.1, 0.15) is 18.1 Å². The first-order valence-corrected chi connectivity index (χ1v) is 10.8. The van der Waals surface area contributed by atoms with Crippen molar-refractivity contribution < 1.29 is 18.7 Å². The van der Waals surface area contributed by atoms with Gasteiger partial charge >= 0.3 is 0 Å². The molecule has 1 spiro atoms. The van der Waals surface area contributed by atoms with Crippen LogP contribution in [0.25, 0.3) is 0 Å². The lowest BCUT2D eigenvalue weighted by atomic mass is 9.74. The largest absolute Gasteiger partial charge is 0.491 e. The number of hydrogen-bond donors (Lipinski definition) is 1. The van der Waals surface area contributed by atoms with E-state index < -0.39 is 5.41 Å². The lowest BCUT2D eigenvalue weighted by Gasteiger charge is -2.41. The molecule has 0 saturated carbocycles. The van der Waals surface area contributed by atoms with E-state index in [1.807, 2.05) is 18.2 Å². The number of piperidine rings is 1. The first-order valence-electron chi connectivity index (χ1n) is 10.8. The van der Waals surface area contributed by atoms with Gasteiger partial charge in [0, 0.05) is 13.1 Å². The molecule has 3 heterocycles. The van der Waals surface area contributed by atoms with Crippen LogP contribution in [0.4, 0.5) is 0 Å². The van der Waals surface area contributed by atoms with Gasteiger partial charge in [-0.05, 0) is 50.7 Å². The Balaban J connectivity index is 1.50. The molecule has 7 nitrogen and oxygen atoms in total. The molecule has 1 N–H and O–H groups in total. The molecule has 0 radical (unpaired) electrons. The van der Waals surface area contributed by atoms with Gasteiger partial charge in [-0.3, -0.25) is 9.59 Å². The molecule has 1 unspecified atom stereocenters. The molecular formula is C23H29N3O4. The van der Waals surface area contributed by atoms with Gasteiger partial charge < -0.3 is 19.4 Å². The minimum atomic E-state index is -0.565. The number of carbonyl (C=O) groups is 2. The highest BCUT2D eigenvalue weighted by molar-refractivity contribution is 5.94. The van der Waals surface area contributed by atoms with Crippen LogP contribution in [0.1, 0.15) is 53.9 Å². The summed E-state index contributed by atoms with van der Waals surface area (Å²) < 4.78 is 11.1. The fourth-order valence-corrected chi connectivity index (χ4v) is 4.61. The number of aromatic nitrogens is 1.